The second-order valence-corrected chi connectivity index (χ2v) is 7.85. The average Bonchev–Trinajstić information content (AvgIpc) is 3.04. The summed E-state index contributed by atoms with van der Waals surface area (Å²) in [4.78, 5) is 14.7. The van der Waals surface area contributed by atoms with Gasteiger partial charge >= 0.3 is 0 Å². The van der Waals surface area contributed by atoms with Crippen LogP contribution in [0.1, 0.15) is 34.5 Å². The van der Waals surface area contributed by atoms with Gasteiger partial charge in [-0.25, -0.2) is 4.68 Å². The molecule has 1 aromatic heterocycles. The third kappa shape index (κ3) is 4.52. The van der Waals surface area contributed by atoms with E-state index in [1.165, 1.54) is 0 Å². The number of nitrogens with zero attached hydrogens (tertiary/aromatic N) is 3. The molecule has 1 fully saturated rings. The number of carbonyl (C=O) groups excluding carboxylic acids is 1. The van der Waals surface area contributed by atoms with Crippen LogP contribution in [0.4, 0.5) is 0 Å². The third-order valence-corrected chi connectivity index (χ3v) is 5.85. The van der Waals surface area contributed by atoms with Gasteiger partial charge in [-0.2, -0.15) is 5.10 Å². The molecule has 1 aliphatic rings. The maximum Gasteiger partial charge on any atom is 0.251 e. The zero-order valence-corrected chi connectivity index (χ0v) is 17.3. The molecule has 0 bridgehead atoms. The van der Waals surface area contributed by atoms with Gasteiger partial charge in [-0.15, -0.1) is 0 Å². The van der Waals surface area contributed by atoms with Gasteiger partial charge in [0.05, 0.1) is 11.4 Å². The summed E-state index contributed by atoms with van der Waals surface area (Å²) in [5, 5.41) is 8.47. The van der Waals surface area contributed by atoms with Crippen LogP contribution in [0.3, 0.4) is 0 Å². The van der Waals surface area contributed by atoms with E-state index in [0.29, 0.717) is 10.7 Å². The van der Waals surface area contributed by atoms with Gasteiger partial charge in [-0.05, 0) is 44.0 Å². The van der Waals surface area contributed by atoms with E-state index in [2.05, 4.69) is 15.3 Å². The van der Waals surface area contributed by atoms with Crippen molar-refractivity contribution in [2.75, 3.05) is 13.1 Å². The number of hydrogen-bond donors (Lipinski definition) is 1. The van der Waals surface area contributed by atoms with Crippen LogP contribution in [0.25, 0.3) is 5.69 Å². The van der Waals surface area contributed by atoms with Crippen LogP contribution >= 0.6 is 11.6 Å². The standard InChI is InChI=1S/C23H25ClN4O/c1-17-21(22(24)28(26-17)20-10-6-3-7-11-20)16-27-14-12-19(13-15-27)25-23(29)18-8-4-2-5-9-18/h2-11,19H,12-16H2,1H3,(H,25,29). The van der Waals surface area contributed by atoms with Crippen LogP contribution in [0.2, 0.25) is 5.15 Å². The molecule has 1 saturated heterocycles. The number of likely N-dealkylation sites (tertiary alicyclic amines) is 1. The lowest BCUT2D eigenvalue weighted by Crippen LogP contribution is -2.44. The number of nitrogens with one attached hydrogen (secondary N) is 1. The molecule has 29 heavy (non-hydrogen) atoms. The Kier molecular flexibility index (Phi) is 5.97. The molecule has 1 N–H and O–H groups in total. The van der Waals surface area contributed by atoms with Gasteiger partial charge in [0.15, 0.2) is 0 Å². The minimum atomic E-state index is 0.00655. The zero-order chi connectivity index (χ0) is 20.2. The van der Waals surface area contributed by atoms with Crippen LogP contribution in [0.5, 0.6) is 0 Å². The summed E-state index contributed by atoms with van der Waals surface area (Å²) >= 11 is 6.67. The summed E-state index contributed by atoms with van der Waals surface area (Å²) < 4.78 is 1.80. The number of para-hydroxylation sites is 1. The molecule has 5 nitrogen and oxygen atoms in total. The first kappa shape index (κ1) is 19.7. The number of piperidine rings is 1. The Morgan fingerprint density at radius 1 is 1.07 bits per heavy atom. The lowest BCUT2D eigenvalue weighted by molar-refractivity contribution is 0.0909. The third-order valence-electron chi connectivity index (χ3n) is 5.46. The SMILES string of the molecule is Cc1nn(-c2ccccc2)c(Cl)c1CN1CCC(NC(=O)c2ccccc2)CC1. The number of aromatic nitrogens is 2. The number of amides is 1. The van der Waals surface area contributed by atoms with Gasteiger partial charge in [0.25, 0.3) is 5.91 Å². The monoisotopic (exact) mass is 408 g/mol. The predicted molar refractivity (Wildman–Crippen MR) is 116 cm³/mol. The highest BCUT2D eigenvalue weighted by Crippen LogP contribution is 2.26. The molecule has 0 aliphatic carbocycles. The fraction of sp³-hybridized carbons (Fsp3) is 0.304. The number of aryl methyl sites for hydroxylation is 1. The molecule has 0 saturated carbocycles. The van der Waals surface area contributed by atoms with Crippen molar-refractivity contribution in [1.82, 2.24) is 20.0 Å². The Morgan fingerprint density at radius 3 is 2.34 bits per heavy atom. The molecular weight excluding hydrogens is 384 g/mol. The maximum absolute atomic E-state index is 12.4. The number of halogens is 1. The Morgan fingerprint density at radius 2 is 1.69 bits per heavy atom. The summed E-state index contributed by atoms with van der Waals surface area (Å²) in [6.07, 6.45) is 1.87. The lowest BCUT2D eigenvalue weighted by Gasteiger charge is -2.32. The van der Waals surface area contributed by atoms with Gasteiger partial charge in [0, 0.05) is 36.8 Å². The quantitative estimate of drug-likeness (QED) is 0.687. The first-order valence-electron chi connectivity index (χ1n) is 9.99. The molecular formula is C23H25ClN4O. The van der Waals surface area contributed by atoms with E-state index < -0.39 is 0 Å². The van der Waals surface area contributed by atoms with E-state index in [0.717, 1.165) is 49.4 Å². The van der Waals surface area contributed by atoms with E-state index in [9.17, 15) is 4.79 Å². The number of benzene rings is 2. The minimum Gasteiger partial charge on any atom is -0.349 e. The molecule has 2 aromatic carbocycles. The van der Waals surface area contributed by atoms with Crippen molar-refractivity contribution in [2.24, 2.45) is 0 Å². The molecule has 0 unspecified atom stereocenters. The normalized spacial score (nSPS) is 15.4. The van der Waals surface area contributed by atoms with E-state index in [-0.39, 0.29) is 11.9 Å². The van der Waals surface area contributed by atoms with Crippen LogP contribution in [-0.2, 0) is 6.54 Å². The first-order chi connectivity index (χ1) is 14.1. The second-order valence-electron chi connectivity index (χ2n) is 7.49. The molecule has 0 radical (unpaired) electrons. The Balaban J connectivity index is 1.36. The van der Waals surface area contributed by atoms with Crippen LogP contribution in [0, 0.1) is 6.92 Å². The van der Waals surface area contributed by atoms with Crippen molar-refractivity contribution in [2.45, 2.75) is 32.4 Å². The second kappa shape index (κ2) is 8.80. The van der Waals surface area contributed by atoms with Crippen LogP contribution < -0.4 is 5.32 Å². The lowest BCUT2D eigenvalue weighted by atomic mass is 10.0. The highest BCUT2D eigenvalue weighted by Gasteiger charge is 2.23. The molecule has 6 heteroatoms. The first-order valence-corrected chi connectivity index (χ1v) is 10.4. The van der Waals surface area contributed by atoms with Crippen molar-refractivity contribution in [3.63, 3.8) is 0 Å². The number of hydrogen-bond acceptors (Lipinski definition) is 3. The Labute approximate surface area is 176 Å². The summed E-state index contributed by atoms with van der Waals surface area (Å²) in [6, 6.07) is 19.6. The zero-order valence-electron chi connectivity index (χ0n) is 16.5. The molecule has 4 rings (SSSR count). The maximum atomic E-state index is 12.4. The van der Waals surface area contributed by atoms with Crippen molar-refractivity contribution in [3.8, 4) is 5.69 Å². The van der Waals surface area contributed by atoms with Gasteiger partial charge < -0.3 is 5.32 Å². The molecule has 1 aliphatic heterocycles. The average molecular weight is 409 g/mol. The van der Waals surface area contributed by atoms with E-state index in [1.807, 2.05) is 67.6 Å². The van der Waals surface area contributed by atoms with Crippen molar-refractivity contribution in [1.29, 1.82) is 0 Å². The van der Waals surface area contributed by atoms with E-state index in [1.54, 1.807) is 4.68 Å². The highest BCUT2D eigenvalue weighted by molar-refractivity contribution is 6.30. The van der Waals surface area contributed by atoms with Crippen molar-refractivity contribution < 1.29 is 4.79 Å². The summed E-state index contributed by atoms with van der Waals surface area (Å²) in [5.41, 5.74) is 3.71. The highest BCUT2D eigenvalue weighted by atomic mass is 35.5. The minimum absolute atomic E-state index is 0.00655. The molecule has 1 amide bonds. The smallest absolute Gasteiger partial charge is 0.251 e. The van der Waals surface area contributed by atoms with Gasteiger partial charge in [-0.1, -0.05) is 48.0 Å². The topological polar surface area (TPSA) is 50.2 Å². The van der Waals surface area contributed by atoms with Crippen molar-refractivity contribution in [3.05, 3.63) is 82.6 Å². The molecule has 0 spiro atoms. The van der Waals surface area contributed by atoms with E-state index in [4.69, 9.17) is 11.6 Å². The molecule has 2 heterocycles. The Hall–Kier alpha value is -2.63. The summed E-state index contributed by atoms with van der Waals surface area (Å²) in [6.45, 7) is 4.63. The van der Waals surface area contributed by atoms with Crippen LogP contribution in [-0.4, -0.2) is 39.7 Å². The largest absolute Gasteiger partial charge is 0.349 e. The van der Waals surface area contributed by atoms with Gasteiger partial charge in [0.2, 0.25) is 0 Å². The van der Waals surface area contributed by atoms with Crippen molar-refractivity contribution >= 4 is 17.5 Å². The number of carbonyl (C=O) groups is 1. The molecule has 3 aromatic rings. The summed E-state index contributed by atoms with van der Waals surface area (Å²) in [7, 11) is 0. The number of rotatable bonds is 5. The summed E-state index contributed by atoms with van der Waals surface area (Å²) in [5.74, 6) is 0.00655. The van der Waals surface area contributed by atoms with Gasteiger partial charge in [-0.3, -0.25) is 9.69 Å². The fourth-order valence-electron chi connectivity index (χ4n) is 3.77. The predicted octanol–water partition coefficient (Wildman–Crippen LogP) is 4.23. The molecule has 150 valence electrons. The van der Waals surface area contributed by atoms with E-state index >= 15 is 0 Å². The fourth-order valence-corrected chi connectivity index (χ4v) is 4.10. The van der Waals surface area contributed by atoms with Crippen LogP contribution in [0.15, 0.2) is 60.7 Å². The van der Waals surface area contributed by atoms with Gasteiger partial charge in [0.1, 0.15) is 5.15 Å². The molecule has 0 atom stereocenters. The Bertz CT molecular complexity index is 963.